The highest BCUT2D eigenvalue weighted by molar-refractivity contribution is 9.10. The Balaban J connectivity index is 2.11. The predicted octanol–water partition coefficient (Wildman–Crippen LogP) is 4.47. The maximum atomic E-state index is 12.1. The summed E-state index contributed by atoms with van der Waals surface area (Å²) >= 11 is 3.56. The Morgan fingerprint density at radius 2 is 2.00 bits per heavy atom. The average molecular weight is 338 g/mol. The first kappa shape index (κ1) is 15.1. The van der Waals surface area contributed by atoms with Gasteiger partial charge in [-0.25, -0.2) is 4.79 Å². The van der Waals surface area contributed by atoms with Crippen molar-refractivity contribution in [1.82, 2.24) is 4.90 Å². The molecule has 0 aliphatic carbocycles. The number of amides is 1. The van der Waals surface area contributed by atoms with Crippen molar-refractivity contribution in [3.05, 3.63) is 40.4 Å². The SMILES string of the molecule is CC(C)(C)OC(=O)N1CCC=C(c2ccccc2Br)C1. The number of nitrogens with zero attached hydrogens (tertiary/aromatic N) is 1. The van der Waals surface area contributed by atoms with Gasteiger partial charge in [0.2, 0.25) is 0 Å². The van der Waals surface area contributed by atoms with Gasteiger partial charge in [0.05, 0.1) is 0 Å². The molecular weight excluding hydrogens is 318 g/mol. The summed E-state index contributed by atoms with van der Waals surface area (Å²) in [5.41, 5.74) is 1.85. The molecular formula is C16H20BrNO2. The van der Waals surface area contributed by atoms with Gasteiger partial charge in [-0.3, -0.25) is 0 Å². The fourth-order valence-corrected chi connectivity index (χ4v) is 2.68. The van der Waals surface area contributed by atoms with Crippen molar-refractivity contribution in [2.45, 2.75) is 32.8 Å². The van der Waals surface area contributed by atoms with E-state index in [2.05, 4.69) is 28.1 Å². The Bertz CT molecular complexity index is 532. The monoisotopic (exact) mass is 337 g/mol. The van der Waals surface area contributed by atoms with Gasteiger partial charge >= 0.3 is 6.09 Å². The van der Waals surface area contributed by atoms with Crippen LogP contribution in [0.5, 0.6) is 0 Å². The van der Waals surface area contributed by atoms with Crippen molar-refractivity contribution in [3.63, 3.8) is 0 Å². The maximum Gasteiger partial charge on any atom is 0.410 e. The first-order chi connectivity index (χ1) is 9.37. The third kappa shape index (κ3) is 3.85. The van der Waals surface area contributed by atoms with E-state index in [0.29, 0.717) is 13.1 Å². The molecule has 0 saturated carbocycles. The third-order valence-electron chi connectivity index (χ3n) is 3.02. The molecule has 1 aliphatic rings. The van der Waals surface area contributed by atoms with Gasteiger partial charge < -0.3 is 9.64 Å². The summed E-state index contributed by atoms with van der Waals surface area (Å²) in [6.45, 7) is 6.97. The molecule has 0 unspecified atom stereocenters. The molecule has 0 N–H and O–H groups in total. The number of carbonyl (C=O) groups is 1. The molecule has 1 aliphatic heterocycles. The molecule has 0 fully saturated rings. The van der Waals surface area contributed by atoms with Gasteiger partial charge in [-0.05, 0) is 44.4 Å². The fraction of sp³-hybridized carbons (Fsp3) is 0.438. The van der Waals surface area contributed by atoms with Gasteiger partial charge in [0.15, 0.2) is 0 Å². The number of benzene rings is 1. The van der Waals surface area contributed by atoms with Crippen LogP contribution in [0.25, 0.3) is 5.57 Å². The largest absolute Gasteiger partial charge is 0.444 e. The van der Waals surface area contributed by atoms with Gasteiger partial charge in [0, 0.05) is 17.6 Å². The molecule has 0 bridgehead atoms. The number of rotatable bonds is 1. The van der Waals surface area contributed by atoms with Gasteiger partial charge in [0.25, 0.3) is 0 Å². The molecule has 20 heavy (non-hydrogen) atoms. The number of ether oxygens (including phenoxy) is 1. The molecule has 1 aromatic rings. The highest BCUT2D eigenvalue weighted by atomic mass is 79.9. The summed E-state index contributed by atoms with van der Waals surface area (Å²) in [6, 6.07) is 8.08. The van der Waals surface area contributed by atoms with Crippen LogP contribution in [-0.2, 0) is 4.74 Å². The lowest BCUT2D eigenvalue weighted by atomic mass is 10.0. The van der Waals surface area contributed by atoms with Crippen LogP contribution in [0.3, 0.4) is 0 Å². The Hall–Kier alpha value is -1.29. The van der Waals surface area contributed by atoms with E-state index in [0.717, 1.165) is 22.0 Å². The highest BCUT2D eigenvalue weighted by Gasteiger charge is 2.25. The lowest BCUT2D eigenvalue weighted by Gasteiger charge is -2.30. The van der Waals surface area contributed by atoms with Gasteiger partial charge in [-0.15, -0.1) is 0 Å². The Kier molecular flexibility index (Phi) is 4.53. The Morgan fingerprint density at radius 1 is 1.30 bits per heavy atom. The van der Waals surface area contributed by atoms with E-state index >= 15 is 0 Å². The van der Waals surface area contributed by atoms with E-state index in [4.69, 9.17) is 4.74 Å². The molecule has 0 saturated heterocycles. The number of hydrogen-bond donors (Lipinski definition) is 0. The quantitative estimate of drug-likeness (QED) is 0.756. The summed E-state index contributed by atoms with van der Waals surface area (Å²) in [6.07, 6.45) is 2.81. The summed E-state index contributed by atoms with van der Waals surface area (Å²) in [5.74, 6) is 0. The topological polar surface area (TPSA) is 29.5 Å². The minimum Gasteiger partial charge on any atom is -0.444 e. The molecule has 3 nitrogen and oxygen atoms in total. The summed E-state index contributed by atoms with van der Waals surface area (Å²) in [4.78, 5) is 13.9. The Labute approximate surface area is 128 Å². The van der Waals surface area contributed by atoms with E-state index in [1.807, 2.05) is 39.0 Å². The second-order valence-electron chi connectivity index (χ2n) is 5.90. The van der Waals surface area contributed by atoms with Crippen LogP contribution in [0.1, 0.15) is 32.8 Å². The van der Waals surface area contributed by atoms with Crippen LogP contribution in [0.15, 0.2) is 34.8 Å². The normalized spacial score (nSPS) is 15.8. The zero-order valence-corrected chi connectivity index (χ0v) is 13.7. The number of halogens is 1. The smallest absolute Gasteiger partial charge is 0.410 e. The molecule has 0 spiro atoms. The van der Waals surface area contributed by atoms with Crippen LogP contribution < -0.4 is 0 Å². The van der Waals surface area contributed by atoms with Crippen LogP contribution in [0.4, 0.5) is 4.79 Å². The summed E-state index contributed by atoms with van der Waals surface area (Å²) < 4.78 is 6.49. The van der Waals surface area contributed by atoms with Gasteiger partial charge in [-0.1, -0.05) is 40.2 Å². The molecule has 4 heteroatoms. The van der Waals surface area contributed by atoms with Crippen LogP contribution in [-0.4, -0.2) is 29.7 Å². The van der Waals surface area contributed by atoms with Crippen molar-refractivity contribution >= 4 is 27.6 Å². The van der Waals surface area contributed by atoms with E-state index in [-0.39, 0.29) is 6.09 Å². The second kappa shape index (κ2) is 6.00. The van der Waals surface area contributed by atoms with Crippen molar-refractivity contribution in [3.8, 4) is 0 Å². The van der Waals surface area contributed by atoms with E-state index < -0.39 is 5.60 Å². The van der Waals surface area contributed by atoms with Crippen LogP contribution in [0, 0.1) is 0 Å². The third-order valence-corrected chi connectivity index (χ3v) is 3.71. The molecule has 1 aromatic carbocycles. The first-order valence-electron chi connectivity index (χ1n) is 6.79. The lowest BCUT2D eigenvalue weighted by molar-refractivity contribution is 0.0273. The van der Waals surface area contributed by atoms with E-state index in [1.165, 1.54) is 0 Å². The molecule has 0 atom stereocenters. The zero-order chi connectivity index (χ0) is 14.8. The standard InChI is InChI=1S/C16H20BrNO2/c1-16(2,3)20-15(19)18-10-6-7-12(11-18)13-8-4-5-9-14(13)17/h4-5,7-9H,6,10-11H2,1-3H3. The predicted molar refractivity (Wildman–Crippen MR) is 84.5 cm³/mol. The maximum absolute atomic E-state index is 12.1. The van der Waals surface area contributed by atoms with Gasteiger partial charge in [-0.2, -0.15) is 0 Å². The highest BCUT2D eigenvalue weighted by Crippen LogP contribution is 2.28. The number of hydrogen-bond acceptors (Lipinski definition) is 2. The van der Waals surface area contributed by atoms with Gasteiger partial charge in [0.1, 0.15) is 5.60 Å². The van der Waals surface area contributed by atoms with Crippen molar-refractivity contribution in [2.75, 3.05) is 13.1 Å². The average Bonchev–Trinajstić information content (AvgIpc) is 2.37. The van der Waals surface area contributed by atoms with Crippen LogP contribution in [0.2, 0.25) is 0 Å². The van der Waals surface area contributed by atoms with Crippen LogP contribution >= 0.6 is 15.9 Å². The van der Waals surface area contributed by atoms with E-state index in [9.17, 15) is 4.79 Å². The molecule has 0 aromatic heterocycles. The van der Waals surface area contributed by atoms with Crippen molar-refractivity contribution in [1.29, 1.82) is 0 Å². The van der Waals surface area contributed by atoms with E-state index in [1.54, 1.807) is 4.90 Å². The number of carbonyl (C=O) groups excluding carboxylic acids is 1. The zero-order valence-electron chi connectivity index (χ0n) is 12.1. The lowest BCUT2D eigenvalue weighted by Crippen LogP contribution is -2.39. The van der Waals surface area contributed by atoms with Crippen molar-refractivity contribution < 1.29 is 9.53 Å². The molecule has 108 valence electrons. The first-order valence-corrected chi connectivity index (χ1v) is 7.58. The molecule has 2 rings (SSSR count). The molecule has 0 radical (unpaired) electrons. The van der Waals surface area contributed by atoms with Crippen molar-refractivity contribution in [2.24, 2.45) is 0 Å². The minimum atomic E-state index is -0.453. The minimum absolute atomic E-state index is 0.241. The Morgan fingerprint density at radius 3 is 2.65 bits per heavy atom. The second-order valence-corrected chi connectivity index (χ2v) is 6.75. The fourth-order valence-electron chi connectivity index (χ4n) is 2.14. The summed E-state index contributed by atoms with van der Waals surface area (Å²) in [5, 5.41) is 0. The summed E-state index contributed by atoms with van der Waals surface area (Å²) in [7, 11) is 0. The molecule has 1 amide bonds. The molecule has 1 heterocycles.